The highest BCUT2D eigenvalue weighted by molar-refractivity contribution is 5.92. The zero-order chi connectivity index (χ0) is 15.3. The fourth-order valence-corrected chi connectivity index (χ4v) is 1.59. The van der Waals surface area contributed by atoms with Crippen molar-refractivity contribution in [1.29, 1.82) is 0 Å². The molecule has 1 aromatic carbocycles. The lowest BCUT2D eigenvalue weighted by molar-refractivity contribution is -0.139. The number of halogens is 2. The molecule has 0 heterocycles. The Kier molecular flexibility index (Phi) is 5.42. The molecule has 0 aliphatic heterocycles. The van der Waals surface area contributed by atoms with Gasteiger partial charge in [0.1, 0.15) is 6.04 Å². The van der Waals surface area contributed by atoms with Gasteiger partial charge in [-0.05, 0) is 24.5 Å². The molecule has 1 aromatic rings. The molecule has 0 aliphatic carbocycles. The van der Waals surface area contributed by atoms with Crippen molar-refractivity contribution in [3.63, 3.8) is 0 Å². The number of rotatable bonds is 5. The van der Waals surface area contributed by atoms with Crippen LogP contribution in [0.1, 0.15) is 20.3 Å². The number of nitrogens with one attached hydrogen (secondary N) is 2. The molecule has 5 nitrogen and oxygen atoms in total. The van der Waals surface area contributed by atoms with Gasteiger partial charge in [-0.25, -0.2) is 18.4 Å². The van der Waals surface area contributed by atoms with Crippen LogP contribution >= 0.6 is 0 Å². The van der Waals surface area contributed by atoms with E-state index in [1.54, 1.807) is 0 Å². The summed E-state index contributed by atoms with van der Waals surface area (Å²) in [7, 11) is 0. The highest BCUT2D eigenvalue weighted by Gasteiger charge is 2.21. The lowest BCUT2D eigenvalue weighted by Crippen LogP contribution is -2.43. The second kappa shape index (κ2) is 6.83. The van der Waals surface area contributed by atoms with E-state index in [0.717, 1.165) is 12.1 Å². The first kappa shape index (κ1) is 15.9. The second-order valence-electron chi connectivity index (χ2n) is 4.75. The molecular weight excluding hydrogens is 270 g/mol. The van der Waals surface area contributed by atoms with Gasteiger partial charge in [-0.3, -0.25) is 0 Å². The largest absolute Gasteiger partial charge is 0.480 e. The Balaban J connectivity index is 2.65. The predicted octanol–water partition coefficient (Wildman–Crippen LogP) is 2.59. The predicted molar refractivity (Wildman–Crippen MR) is 69.4 cm³/mol. The summed E-state index contributed by atoms with van der Waals surface area (Å²) in [4.78, 5) is 22.6. The summed E-state index contributed by atoms with van der Waals surface area (Å²) < 4.78 is 25.7. The van der Waals surface area contributed by atoms with Crippen molar-refractivity contribution in [3.8, 4) is 0 Å². The van der Waals surface area contributed by atoms with Crippen molar-refractivity contribution in [2.75, 3.05) is 5.32 Å². The minimum absolute atomic E-state index is 0.0371. The van der Waals surface area contributed by atoms with Crippen molar-refractivity contribution in [2.24, 2.45) is 5.92 Å². The van der Waals surface area contributed by atoms with Crippen molar-refractivity contribution in [1.82, 2.24) is 5.32 Å². The van der Waals surface area contributed by atoms with E-state index in [4.69, 9.17) is 5.11 Å². The van der Waals surface area contributed by atoms with Crippen molar-refractivity contribution < 1.29 is 23.5 Å². The summed E-state index contributed by atoms with van der Waals surface area (Å²) in [6.45, 7) is 3.65. The molecule has 7 heteroatoms. The number of carboxylic acids is 1. The molecule has 0 aliphatic rings. The Labute approximate surface area is 115 Å². The van der Waals surface area contributed by atoms with Crippen molar-refractivity contribution in [3.05, 3.63) is 29.8 Å². The molecule has 0 saturated heterocycles. The van der Waals surface area contributed by atoms with Crippen LogP contribution in [0, 0.1) is 17.6 Å². The van der Waals surface area contributed by atoms with Crippen molar-refractivity contribution >= 4 is 17.7 Å². The van der Waals surface area contributed by atoms with Crippen LogP contribution in [0.4, 0.5) is 19.3 Å². The molecule has 3 N–H and O–H groups in total. The molecule has 0 unspecified atom stereocenters. The molecule has 0 radical (unpaired) electrons. The molecule has 110 valence electrons. The molecule has 0 saturated carbocycles. The number of aliphatic carboxylic acids is 1. The number of hydrogen-bond donors (Lipinski definition) is 3. The van der Waals surface area contributed by atoms with Gasteiger partial charge in [0.2, 0.25) is 0 Å². The van der Waals surface area contributed by atoms with Gasteiger partial charge in [-0.15, -0.1) is 0 Å². The quantitative estimate of drug-likeness (QED) is 0.778. The average Bonchev–Trinajstić information content (AvgIpc) is 2.32. The third kappa shape index (κ3) is 4.83. The first-order chi connectivity index (χ1) is 9.29. The molecule has 0 fully saturated rings. The van der Waals surface area contributed by atoms with Crippen LogP contribution in [0.3, 0.4) is 0 Å². The molecule has 0 aromatic heterocycles. The van der Waals surface area contributed by atoms with Crippen LogP contribution in [0.5, 0.6) is 0 Å². The standard InChI is InChI=1S/C13H16F2N2O3/c1-7(2)5-11(12(18)19)17-13(20)16-8-3-4-9(14)10(15)6-8/h3-4,6-7,11H,5H2,1-2H3,(H,18,19)(H2,16,17,20)/t11-/m1/s1. The van der Waals surface area contributed by atoms with Crippen LogP contribution in [-0.4, -0.2) is 23.1 Å². The van der Waals surface area contributed by atoms with Gasteiger partial charge in [0.25, 0.3) is 0 Å². The van der Waals surface area contributed by atoms with Gasteiger partial charge in [0, 0.05) is 11.8 Å². The maximum atomic E-state index is 13.0. The van der Waals surface area contributed by atoms with E-state index < -0.39 is 29.7 Å². The minimum atomic E-state index is -1.15. The fraction of sp³-hybridized carbons (Fsp3) is 0.385. The lowest BCUT2D eigenvalue weighted by Gasteiger charge is -2.17. The number of benzene rings is 1. The Morgan fingerprint density at radius 1 is 1.25 bits per heavy atom. The van der Waals surface area contributed by atoms with Gasteiger partial charge in [-0.1, -0.05) is 13.8 Å². The third-order valence-electron chi connectivity index (χ3n) is 2.49. The summed E-state index contributed by atoms with van der Waals surface area (Å²) in [5.41, 5.74) is 0.0371. The zero-order valence-corrected chi connectivity index (χ0v) is 11.1. The summed E-state index contributed by atoms with van der Waals surface area (Å²) in [5.74, 6) is -3.20. The van der Waals surface area contributed by atoms with Crippen LogP contribution in [0.2, 0.25) is 0 Å². The molecule has 0 spiro atoms. The Morgan fingerprint density at radius 2 is 1.90 bits per heavy atom. The van der Waals surface area contributed by atoms with Gasteiger partial charge in [-0.2, -0.15) is 0 Å². The molecule has 1 rings (SSSR count). The van der Waals surface area contributed by atoms with E-state index in [-0.39, 0.29) is 18.0 Å². The lowest BCUT2D eigenvalue weighted by atomic mass is 10.0. The van der Waals surface area contributed by atoms with Crippen molar-refractivity contribution in [2.45, 2.75) is 26.3 Å². The van der Waals surface area contributed by atoms with E-state index in [1.807, 2.05) is 13.8 Å². The summed E-state index contributed by atoms with van der Waals surface area (Å²) >= 11 is 0. The normalized spacial score (nSPS) is 12.1. The number of carbonyl (C=O) groups excluding carboxylic acids is 1. The SMILES string of the molecule is CC(C)C[C@@H](NC(=O)Nc1ccc(F)c(F)c1)C(=O)O. The van der Waals surface area contributed by atoms with Crippen LogP contribution in [0.25, 0.3) is 0 Å². The maximum Gasteiger partial charge on any atom is 0.326 e. The first-order valence-corrected chi connectivity index (χ1v) is 6.05. The molecule has 20 heavy (non-hydrogen) atoms. The van der Waals surface area contributed by atoms with Gasteiger partial charge in [0.05, 0.1) is 0 Å². The van der Waals surface area contributed by atoms with E-state index in [0.29, 0.717) is 0 Å². The van der Waals surface area contributed by atoms with E-state index in [2.05, 4.69) is 10.6 Å². The molecule has 1 atom stereocenters. The van der Waals surface area contributed by atoms with E-state index in [9.17, 15) is 18.4 Å². The van der Waals surface area contributed by atoms with Gasteiger partial charge < -0.3 is 15.7 Å². The number of urea groups is 1. The third-order valence-corrected chi connectivity index (χ3v) is 2.49. The molecule has 2 amide bonds. The van der Waals surface area contributed by atoms with Gasteiger partial charge in [0.15, 0.2) is 11.6 Å². The second-order valence-corrected chi connectivity index (χ2v) is 4.75. The smallest absolute Gasteiger partial charge is 0.326 e. The number of carboxylic acid groups (broad SMARTS) is 1. The minimum Gasteiger partial charge on any atom is -0.480 e. The van der Waals surface area contributed by atoms with Crippen LogP contribution in [-0.2, 0) is 4.79 Å². The Morgan fingerprint density at radius 3 is 2.40 bits per heavy atom. The number of anilines is 1. The highest BCUT2D eigenvalue weighted by Crippen LogP contribution is 2.13. The monoisotopic (exact) mass is 286 g/mol. The van der Waals surface area contributed by atoms with Crippen LogP contribution in [0.15, 0.2) is 18.2 Å². The number of carbonyl (C=O) groups is 2. The number of amides is 2. The summed E-state index contributed by atoms with van der Waals surface area (Å²) in [6, 6.07) is 1.03. The van der Waals surface area contributed by atoms with Crippen LogP contribution < -0.4 is 10.6 Å². The fourth-order valence-electron chi connectivity index (χ4n) is 1.59. The highest BCUT2D eigenvalue weighted by atomic mass is 19.2. The van der Waals surface area contributed by atoms with E-state index in [1.165, 1.54) is 6.07 Å². The molecular formula is C13H16F2N2O3. The summed E-state index contributed by atoms with van der Waals surface area (Å²) in [5, 5.41) is 13.5. The number of hydrogen-bond acceptors (Lipinski definition) is 2. The maximum absolute atomic E-state index is 13.0. The summed E-state index contributed by atoms with van der Waals surface area (Å²) in [6.07, 6.45) is 0.264. The zero-order valence-electron chi connectivity index (χ0n) is 11.1. The molecule has 0 bridgehead atoms. The Hall–Kier alpha value is -2.18. The van der Waals surface area contributed by atoms with Gasteiger partial charge >= 0.3 is 12.0 Å². The Bertz CT molecular complexity index is 506. The average molecular weight is 286 g/mol. The van der Waals surface area contributed by atoms with E-state index >= 15 is 0 Å². The first-order valence-electron chi connectivity index (χ1n) is 6.05. The topological polar surface area (TPSA) is 78.4 Å².